The number of para-hydroxylation sites is 1. The number of hydrogen-bond donors (Lipinski definition) is 2. The molecule has 0 fully saturated rings. The molecule has 2 amide bonds. The summed E-state index contributed by atoms with van der Waals surface area (Å²) in [5, 5.41) is 4.03. The van der Waals surface area contributed by atoms with Crippen molar-refractivity contribution < 1.29 is 23.8 Å². The third-order valence-corrected chi connectivity index (χ3v) is 6.65. The lowest BCUT2D eigenvalue weighted by atomic mass is 9.97. The molecule has 2 aromatic carbocycles. The number of carbonyl (C=O) groups excluding carboxylic acids is 2. The van der Waals surface area contributed by atoms with Crippen LogP contribution in [0, 0.1) is 0 Å². The van der Waals surface area contributed by atoms with E-state index < -0.39 is 0 Å². The molecule has 32 heavy (non-hydrogen) atoms. The molecule has 0 radical (unpaired) electrons. The number of halogens is 1. The molecule has 8 nitrogen and oxygen atoms in total. The standard InChI is InChI=1S/C23H22BrN3O5/c1-27-9-7-15-18(23(27)29)20(22-21(19(15)24)31-12-32-22)30-11-17(28)25-8-6-13-10-26-16-5-3-2-4-14(13)16/h2-5,10,26H,6-9,11-12H2,1H3,(H,25,28). The largest absolute Gasteiger partial charge is 0.479 e. The molecule has 0 unspecified atom stereocenters. The van der Waals surface area contributed by atoms with Crippen LogP contribution in [0.3, 0.4) is 0 Å². The maximum Gasteiger partial charge on any atom is 0.257 e. The average Bonchev–Trinajstić information content (AvgIpc) is 3.44. The number of carbonyl (C=O) groups is 2. The van der Waals surface area contributed by atoms with Crippen molar-refractivity contribution in [2.75, 3.05) is 33.5 Å². The van der Waals surface area contributed by atoms with E-state index in [9.17, 15) is 9.59 Å². The lowest BCUT2D eigenvalue weighted by molar-refractivity contribution is -0.123. The van der Waals surface area contributed by atoms with Gasteiger partial charge in [0.25, 0.3) is 11.8 Å². The minimum Gasteiger partial charge on any atom is -0.479 e. The SMILES string of the molecule is CN1CCc2c(Br)c3c(c(OCC(=O)NCCc4c[nH]c5ccccc45)c2C1=O)OCO3. The molecule has 0 saturated heterocycles. The summed E-state index contributed by atoms with van der Waals surface area (Å²) in [7, 11) is 1.74. The van der Waals surface area contributed by atoms with E-state index in [1.54, 1.807) is 11.9 Å². The number of rotatable bonds is 6. The van der Waals surface area contributed by atoms with Crippen molar-refractivity contribution in [1.82, 2.24) is 15.2 Å². The van der Waals surface area contributed by atoms with E-state index in [0.29, 0.717) is 47.5 Å². The highest BCUT2D eigenvalue weighted by Gasteiger charge is 2.36. The Kier molecular flexibility index (Phi) is 5.42. The van der Waals surface area contributed by atoms with Crippen LogP contribution >= 0.6 is 15.9 Å². The first-order chi connectivity index (χ1) is 15.5. The van der Waals surface area contributed by atoms with E-state index in [4.69, 9.17) is 14.2 Å². The van der Waals surface area contributed by atoms with Crippen molar-refractivity contribution in [1.29, 1.82) is 0 Å². The summed E-state index contributed by atoms with van der Waals surface area (Å²) in [4.78, 5) is 30.2. The number of H-pyrrole nitrogens is 1. The number of aromatic nitrogens is 1. The number of benzene rings is 2. The molecule has 9 heteroatoms. The van der Waals surface area contributed by atoms with Gasteiger partial charge >= 0.3 is 0 Å². The van der Waals surface area contributed by atoms with Gasteiger partial charge in [-0.1, -0.05) is 18.2 Å². The van der Waals surface area contributed by atoms with Gasteiger partial charge in [-0.05, 0) is 46.0 Å². The Labute approximate surface area is 192 Å². The second-order valence-corrected chi connectivity index (χ2v) is 8.58. The van der Waals surface area contributed by atoms with E-state index in [2.05, 4.69) is 32.3 Å². The highest BCUT2D eigenvalue weighted by atomic mass is 79.9. The topological polar surface area (TPSA) is 92.9 Å². The molecule has 3 heterocycles. The number of fused-ring (bicyclic) bond motifs is 3. The molecule has 0 bridgehead atoms. The summed E-state index contributed by atoms with van der Waals surface area (Å²) in [6, 6.07) is 8.05. The first kappa shape index (κ1) is 20.7. The fraction of sp³-hybridized carbons (Fsp3) is 0.304. The van der Waals surface area contributed by atoms with Crippen LogP contribution in [0.1, 0.15) is 21.5 Å². The Hall–Kier alpha value is -3.20. The van der Waals surface area contributed by atoms with Crippen molar-refractivity contribution >= 4 is 38.6 Å². The third-order valence-electron chi connectivity index (χ3n) is 5.81. The van der Waals surface area contributed by atoms with Crippen LogP contribution in [0.2, 0.25) is 0 Å². The lowest BCUT2D eigenvalue weighted by Crippen LogP contribution is -2.35. The van der Waals surface area contributed by atoms with Gasteiger partial charge in [-0.2, -0.15) is 0 Å². The number of nitrogens with zero attached hydrogens (tertiary/aromatic N) is 1. The highest BCUT2D eigenvalue weighted by molar-refractivity contribution is 9.10. The molecule has 0 spiro atoms. The summed E-state index contributed by atoms with van der Waals surface area (Å²) in [5.41, 5.74) is 3.44. The van der Waals surface area contributed by atoms with Crippen LogP contribution in [-0.2, 0) is 17.6 Å². The van der Waals surface area contributed by atoms with Crippen LogP contribution in [0.25, 0.3) is 10.9 Å². The van der Waals surface area contributed by atoms with E-state index in [1.165, 1.54) is 0 Å². The molecule has 2 aliphatic heterocycles. The molecule has 0 saturated carbocycles. The van der Waals surface area contributed by atoms with Gasteiger partial charge in [-0.15, -0.1) is 0 Å². The quantitative estimate of drug-likeness (QED) is 0.543. The molecule has 3 aromatic rings. The molecule has 0 aliphatic carbocycles. The van der Waals surface area contributed by atoms with Gasteiger partial charge in [0.05, 0.1) is 10.0 Å². The number of nitrogens with one attached hydrogen (secondary N) is 2. The normalized spacial score (nSPS) is 14.6. The molecule has 0 atom stereocenters. The molecular weight excluding hydrogens is 478 g/mol. The van der Waals surface area contributed by atoms with Gasteiger partial charge in [-0.25, -0.2) is 0 Å². The fourth-order valence-electron chi connectivity index (χ4n) is 4.14. The molecule has 166 valence electrons. The summed E-state index contributed by atoms with van der Waals surface area (Å²) in [5.74, 6) is 0.687. The van der Waals surface area contributed by atoms with Crippen LogP contribution in [0.15, 0.2) is 34.9 Å². The summed E-state index contributed by atoms with van der Waals surface area (Å²) >= 11 is 3.54. The number of hydrogen-bond acceptors (Lipinski definition) is 5. The minimum absolute atomic E-state index is 0.0357. The zero-order valence-corrected chi connectivity index (χ0v) is 19.1. The zero-order chi connectivity index (χ0) is 22.2. The highest BCUT2D eigenvalue weighted by Crippen LogP contribution is 2.51. The summed E-state index contributed by atoms with van der Waals surface area (Å²) in [6.07, 6.45) is 3.31. The Morgan fingerprint density at radius 2 is 2.09 bits per heavy atom. The maximum absolute atomic E-state index is 12.9. The lowest BCUT2D eigenvalue weighted by Gasteiger charge is -2.28. The summed E-state index contributed by atoms with van der Waals surface area (Å²) in [6.45, 7) is 0.877. The van der Waals surface area contributed by atoms with Gasteiger partial charge < -0.3 is 29.4 Å². The average molecular weight is 500 g/mol. The van der Waals surface area contributed by atoms with Crippen molar-refractivity contribution in [3.05, 3.63) is 51.6 Å². The van der Waals surface area contributed by atoms with Crippen LogP contribution < -0.4 is 19.5 Å². The Balaban J connectivity index is 1.28. The van der Waals surface area contributed by atoms with Gasteiger partial charge in [-0.3, -0.25) is 9.59 Å². The van der Waals surface area contributed by atoms with E-state index in [0.717, 1.165) is 22.0 Å². The van der Waals surface area contributed by atoms with E-state index in [-0.39, 0.29) is 31.0 Å². The van der Waals surface area contributed by atoms with Crippen LogP contribution in [0.4, 0.5) is 0 Å². The third kappa shape index (κ3) is 3.56. The first-order valence-electron chi connectivity index (χ1n) is 10.4. The second kappa shape index (κ2) is 8.38. The van der Waals surface area contributed by atoms with Gasteiger partial charge in [0.2, 0.25) is 12.5 Å². The van der Waals surface area contributed by atoms with Crippen molar-refractivity contribution in [2.24, 2.45) is 0 Å². The van der Waals surface area contributed by atoms with Gasteiger partial charge in [0.15, 0.2) is 18.1 Å². The Morgan fingerprint density at radius 3 is 2.97 bits per heavy atom. The van der Waals surface area contributed by atoms with Crippen molar-refractivity contribution in [3.8, 4) is 17.2 Å². The molecule has 2 aliphatic rings. The molecule has 1 aromatic heterocycles. The molecule has 2 N–H and O–H groups in total. The number of likely N-dealkylation sites (N-methyl/N-ethyl adjacent to an activating group) is 1. The van der Waals surface area contributed by atoms with E-state index in [1.807, 2.05) is 24.4 Å². The predicted octanol–water partition coefficient (Wildman–Crippen LogP) is 3.02. The number of ether oxygens (including phenoxy) is 3. The minimum atomic E-state index is -0.272. The van der Waals surface area contributed by atoms with Crippen LogP contribution in [-0.4, -0.2) is 55.2 Å². The van der Waals surface area contributed by atoms with Crippen LogP contribution in [0.5, 0.6) is 17.2 Å². The monoisotopic (exact) mass is 499 g/mol. The van der Waals surface area contributed by atoms with Gasteiger partial charge in [0, 0.05) is 37.2 Å². The zero-order valence-electron chi connectivity index (χ0n) is 17.5. The summed E-state index contributed by atoms with van der Waals surface area (Å²) < 4.78 is 17.7. The molecule has 5 rings (SSSR count). The smallest absolute Gasteiger partial charge is 0.257 e. The Morgan fingerprint density at radius 1 is 1.28 bits per heavy atom. The first-order valence-corrected chi connectivity index (χ1v) is 11.2. The predicted molar refractivity (Wildman–Crippen MR) is 121 cm³/mol. The second-order valence-electron chi connectivity index (χ2n) is 7.79. The fourth-order valence-corrected chi connectivity index (χ4v) is 4.83. The van der Waals surface area contributed by atoms with Crippen molar-refractivity contribution in [3.63, 3.8) is 0 Å². The number of amides is 2. The number of aromatic amines is 1. The van der Waals surface area contributed by atoms with Gasteiger partial charge in [0.1, 0.15) is 0 Å². The Bertz CT molecular complexity index is 1220. The molecular formula is C23H22BrN3O5. The van der Waals surface area contributed by atoms with E-state index >= 15 is 0 Å². The van der Waals surface area contributed by atoms with Crippen molar-refractivity contribution in [2.45, 2.75) is 12.8 Å². The maximum atomic E-state index is 12.9.